The maximum atomic E-state index is 11.2. The number of esters is 1. The Morgan fingerprint density at radius 1 is 1.40 bits per heavy atom. The topological polar surface area (TPSA) is 79.4 Å². The molecule has 2 aromatic rings. The molecule has 0 aliphatic rings. The fourth-order valence-electron chi connectivity index (χ4n) is 1.93. The summed E-state index contributed by atoms with van der Waals surface area (Å²) in [4.78, 5) is 25.2. The number of carboxylic acids is 1. The molecule has 0 amide bonds. The van der Waals surface area contributed by atoms with E-state index in [1.807, 2.05) is 12.1 Å². The molecule has 2 rings (SSSR count). The van der Waals surface area contributed by atoms with Crippen molar-refractivity contribution in [3.05, 3.63) is 41.6 Å². The molecule has 0 aliphatic carbocycles. The van der Waals surface area contributed by atoms with Crippen LogP contribution < -0.4 is 0 Å². The first-order chi connectivity index (χ1) is 9.61. The molecule has 0 spiro atoms. The van der Waals surface area contributed by atoms with Gasteiger partial charge >= 0.3 is 11.9 Å². The minimum Gasteiger partial charge on any atom is -0.478 e. The van der Waals surface area contributed by atoms with E-state index in [9.17, 15) is 9.59 Å². The zero-order chi connectivity index (χ0) is 14.5. The normalized spacial score (nSPS) is 11.1. The highest BCUT2D eigenvalue weighted by atomic mass is 16.5. The van der Waals surface area contributed by atoms with Crippen molar-refractivity contribution in [3.8, 4) is 0 Å². The smallest absolute Gasteiger partial charge is 0.337 e. The van der Waals surface area contributed by atoms with Crippen molar-refractivity contribution in [2.45, 2.75) is 13.3 Å². The minimum atomic E-state index is -0.969. The average molecular weight is 273 g/mol. The number of H-pyrrole nitrogens is 1. The van der Waals surface area contributed by atoms with Gasteiger partial charge in [0.2, 0.25) is 0 Å². The van der Waals surface area contributed by atoms with E-state index in [4.69, 9.17) is 9.84 Å². The summed E-state index contributed by atoms with van der Waals surface area (Å²) in [6, 6.07) is 5.44. The molecule has 0 atom stereocenters. The van der Waals surface area contributed by atoms with Crippen LogP contribution in [0.4, 0.5) is 0 Å². The van der Waals surface area contributed by atoms with Crippen LogP contribution in [0.5, 0.6) is 0 Å². The number of benzene rings is 1. The Balaban J connectivity index is 2.19. The van der Waals surface area contributed by atoms with Gasteiger partial charge in [-0.2, -0.15) is 0 Å². The lowest BCUT2D eigenvalue weighted by atomic mass is 10.1. The molecule has 20 heavy (non-hydrogen) atoms. The molecular weight excluding hydrogens is 258 g/mol. The monoisotopic (exact) mass is 273 g/mol. The molecule has 5 nitrogen and oxygen atoms in total. The number of hydrogen-bond donors (Lipinski definition) is 2. The Hall–Kier alpha value is -2.56. The Morgan fingerprint density at radius 3 is 2.90 bits per heavy atom. The lowest BCUT2D eigenvalue weighted by molar-refractivity contribution is -0.142. The third kappa shape index (κ3) is 3.06. The van der Waals surface area contributed by atoms with E-state index >= 15 is 0 Å². The van der Waals surface area contributed by atoms with Crippen molar-refractivity contribution in [2.24, 2.45) is 0 Å². The molecule has 0 aliphatic heterocycles. The summed E-state index contributed by atoms with van der Waals surface area (Å²) < 4.78 is 4.82. The Morgan fingerprint density at radius 2 is 2.20 bits per heavy atom. The molecule has 1 aromatic heterocycles. The Bertz CT molecular complexity index is 670. The van der Waals surface area contributed by atoms with Crippen LogP contribution in [0.25, 0.3) is 17.0 Å². The van der Waals surface area contributed by atoms with Crippen molar-refractivity contribution in [1.82, 2.24) is 4.98 Å². The Labute approximate surface area is 115 Å². The first kappa shape index (κ1) is 13.9. The summed E-state index contributed by atoms with van der Waals surface area (Å²) in [5.41, 5.74) is 1.84. The lowest BCUT2D eigenvalue weighted by Gasteiger charge is -1.98. The first-order valence-electron chi connectivity index (χ1n) is 6.28. The van der Waals surface area contributed by atoms with Gasteiger partial charge in [-0.15, -0.1) is 0 Å². The van der Waals surface area contributed by atoms with E-state index < -0.39 is 5.97 Å². The van der Waals surface area contributed by atoms with Crippen molar-refractivity contribution < 1.29 is 19.4 Å². The van der Waals surface area contributed by atoms with Gasteiger partial charge in [0, 0.05) is 17.1 Å². The molecule has 1 heterocycles. The highest BCUT2D eigenvalue weighted by Crippen LogP contribution is 2.20. The molecule has 104 valence electrons. The fourth-order valence-corrected chi connectivity index (χ4v) is 1.93. The Kier molecular flexibility index (Phi) is 4.20. The molecule has 2 N–H and O–H groups in total. The largest absolute Gasteiger partial charge is 0.478 e. The summed E-state index contributed by atoms with van der Waals surface area (Å²) in [6.45, 7) is 2.12. The van der Waals surface area contributed by atoms with Crippen molar-refractivity contribution >= 4 is 28.9 Å². The standard InChI is InChI=1S/C15H15NO4/c1-2-20-14(17)5-3-4-10-6-7-13-11(8-10)12(9-16-13)15(18)19/h3-4,6-9,16H,2,5H2,1H3,(H,18,19). The zero-order valence-electron chi connectivity index (χ0n) is 11.1. The number of carboxylic acid groups (broad SMARTS) is 1. The van der Waals surface area contributed by atoms with E-state index in [1.54, 1.807) is 25.1 Å². The van der Waals surface area contributed by atoms with Crippen LogP contribution in [0.15, 0.2) is 30.5 Å². The number of ether oxygens (including phenoxy) is 1. The third-order valence-electron chi connectivity index (χ3n) is 2.84. The number of fused-ring (bicyclic) bond motifs is 1. The molecule has 0 saturated heterocycles. The molecule has 0 unspecified atom stereocenters. The minimum absolute atomic E-state index is 0.199. The molecule has 0 saturated carbocycles. The summed E-state index contributed by atoms with van der Waals surface area (Å²) in [5.74, 6) is -1.25. The second kappa shape index (κ2) is 6.06. The van der Waals surface area contributed by atoms with Gasteiger partial charge in [0.15, 0.2) is 0 Å². The molecule has 0 fully saturated rings. The molecular formula is C15H15NO4. The molecule has 1 aromatic carbocycles. The number of hydrogen-bond acceptors (Lipinski definition) is 3. The van der Waals surface area contributed by atoms with Gasteiger partial charge in [0.1, 0.15) is 0 Å². The molecule has 5 heteroatoms. The average Bonchev–Trinajstić information content (AvgIpc) is 2.82. The van der Waals surface area contributed by atoms with E-state index in [0.717, 1.165) is 11.1 Å². The lowest BCUT2D eigenvalue weighted by Crippen LogP contribution is -2.01. The van der Waals surface area contributed by atoms with E-state index in [2.05, 4.69) is 4.98 Å². The summed E-state index contributed by atoms with van der Waals surface area (Å²) in [7, 11) is 0. The van der Waals surface area contributed by atoms with Crippen molar-refractivity contribution in [2.75, 3.05) is 6.61 Å². The number of carbonyl (C=O) groups excluding carboxylic acids is 1. The van der Waals surface area contributed by atoms with Crippen molar-refractivity contribution in [3.63, 3.8) is 0 Å². The van der Waals surface area contributed by atoms with Gasteiger partial charge in [0.05, 0.1) is 18.6 Å². The summed E-state index contributed by atoms with van der Waals surface area (Å²) >= 11 is 0. The number of rotatable bonds is 5. The number of carbonyl (C=O) groups is 2. The van der Waals surface area contributed by atoms with E-state index in [-0.39, 0.29) is 18.0 Å². The van der Waals surface area contributed by atoms with Gasteiger partial charge < -0.3 is 14.8 Å². The van der Waals surface area contributed by atoms with Gasteiger partial charge in [0.25, 0.3) is 0 Å². The fraction of sp³-hybridized carbons (Fsp3) is 0.200. The second-order valence-electron chi connectivity index (χ2n) is 4.22. The number of aromatic amines is 1. The molecule has 0 radical (unpaired) electrons. The first-order valence-corrected chi connectivity index (χ1v) is 6.28. The molecule has 0 bridgehead atoms. The third-order valence-corrected chi connectivity index (χ3v) is 2.84. The van der Waals surface area contributed by atoms with Gasteiger partial charge in [-0.05, 0) is 24.6 Å². The predicted molar refractivity (Wildman–Crippen MR) is 75.5 cm³/mol. The van der Waals surface area contributed by atoms with Gasteiger partial charge in [-0.1, -0.05) is 18.2 Å². The van der Waals surface area contributed by atoms with Crippen LogP contribution in [0, 0.1) is 0 Å². The quantitative estimate of drug-likeness (QED) is 0.821. The summed E-state index contributed by atoms with van der Waals surface area (Å²) in [5, 5.41) is 9.72. The van der Waals surface area contributed by atoms with E-state index in [1.165, 1.54) is 6.20 Å². The maximum absolute atomic E-state index is 11.2. The number of nitrogens with one attached hydrogen (secondary N) is 1. The van der Waals surface area contributed by atoms with Crippen molar-refractivity contribution in [1.29, 1.82) is 0 Å². The van der Waals surface area contributed by atoms with Gasteiger partial charge in [-0.25, -0.2) is 4.79 Å². The van der Waals surface area contributed by atoms with Crippen LogP contribution in [0.3, 0.4) is 0 Å². The number of aromatic nitrogens is 1. The van der Waals surface area contributed by atoms with E-state index in [0.29, 0.717) is 12.0 Å². The summed E-state index contributed by atoms with van der Waals surface area (Å²) in [6.07, 6.45) is 5.14. The van der Waals surface area contributed by atoms with Crippen LogP contribution in [-0.4, -0.2) is 28.6 Å². The van der Waals surface area contributed by atoms with Crippen LogP contribution >= 0.6 is 0 Å². The van der Waals surface area contributed by atoms with Gasteiger partial charge in [-0.3, -0.25) is 4.79 Å². The maximum Gasteiger partial charge on any atom is 0.337 e. The zero-order valence-corrected chi connectivity index (χ0v) is 11.1. The highest BCUT2D eigenvalue weighted by Gasteiger charge is 2.10. The predicted octanol–water partition coefficient (Wildman–Crippen LogP) is 2.83. The second-order valence-corrected chi connectivity index (χ2v) is 4.22. The van der Waals surface area contributed by atoms with Crippen LogP contribution in [0.1, 0.15) is 29.3 Å². The highest BCUT2D eigenvalue weighted by molar-refractivity contribution is 6.03. The van der Waals surface area contributed by atoms with Crippen LogP contribution in [-0.2, 0) is 9.53 Å². The SMILES string of the molecule is CCOC(=O)CC=Cc1ccc2[nH]cc(C(=O)O)c2c1. The van der Waals surface area contributed by atoms with Crippen LogP contribution in [0.2, 0.25) is 0 Å². The number of aromatic carboxylic acids is 1.